The quantitative estimate of drug-likeness (QED) is 0.368. The molecule has 0 heterocycles. The molecule has 1 aromatic rings. The number of carbonyl (C=O) groups excluding carboxylic acids is 1. The van der Waals surface area contributed by atoms with Crippen LogP contribution in [-0.2, 0) is 11.2 Å². The van der Waals surface area contributed by atoms with Crippen molar-refractivity contribution in [3.8, 4) is 0 Å². The molecular weight excluding hydrogens is 204 g/mol. The Kier molecular flexibility index (Phi) is 6.22. The second kappa shape index (κ2) is 7.84. The maximum absolute atomic E-state index is 10.7. The van der Waals surface area contributed by atoms with E-state index in [4.69, 9.17) is 5.21 Å². The van der Waals surface area contributed by atoms with Crippen LogP contribution in [0.25, 0.3) is 0 Å². The Morgan fingerprint density at radius 1 is 1.19 bits per heavy atom. The van der Waals surface area contributed by atoms with Crippen molar-refractivity contribution in [3.63, 3.8) is 0 Å². The van der Waals surface area contributed by atoms with Crippen molar-refractivity contribution < 1.29 is 10.0 Å². The van der Waals surface area contributed by atoms with Crippen LogP contribution in [0.1, 0.15) is 18.4 Å². The Bertz CT molecular complexity index is 301. The molecule has 0 atom stereocenters. The monoisotopic (exact) mass is 222 g/mol. The zero-order chi connectivity index (χ0) is 11.6. The molecule has 4 heteroatoms. The molecular formula is C12H18N2O2. The van der Waals surface area contributed by atoms with Crippen LogP contribution >= 0.6 is 0 Å². The standard InChI is InChI=1S/C12H18N2O2/c15-12(14-16)8-10-13-9-4-7-11-5-2-1-3-6-11/h1-3,5-6,13,16H,4,7-10H2,(H,14,15). The summed E-state index contributed by atoms with van der Waals surface area (Å²) in [5.74, 6) is -0.351. The van der Waals surface area contributed by atoms with Gasteiger partial charge in [-0.1, -0.05) is 30.3 Å². The third-order valence-corrected chi connectivity index (χ3v) is 2.32. The van der Waals surface area contributed by atoms with Crippen LogP contribution in [-0.4, -0.2) is 24.2 Å². The lowest BCUT2D eigenvalue weighted by Crippen LogP contribution is -2.25. The molecule has 0 unspecified atom stereocenters. The number of hydrogen-bond acceptors (Lipinski definition) is 3. The summed E-state index contributed by atoms with van der Waals surface area (Å²) in [6.07, 6.45) is 2.40. The summed E-state index contributed by atoms with van der Waals surface area (Å²) in [5.41, 5.74) is 2.93. The Balaban J connectivity index is 1.98. The molecule has 1 rings (SSSR count). The number of amides is 1. The first-order valence-electron chi connectivity index (χ1n) is 5.50. The second-order valence-electron chi connectivity index (χ2n) is 3.62. The fourth-order valence-electron chi connectivity index (χ4n) is 1.45. The van der Waals surface area contributed by atoms with E-state index in [1.807, 2.05) is 18.2 Å². The molecule has 1 amide bonds. The van der Waals surface area contributed by atoms with E-state index in [-0.39, 0.29) is 5.91 Å². The molecule has 0 spiro atoms. The molecule has 0 bridgehead atoms. The lowest BCUT2D eigenvalue weighted by Gasteiger charge is -2.04. The van der Waals surface area contributed by atoms with Crippen molar-refractivity contribution in [2.45, 2.75) is 19.3 Å². The van der Waals surface area contributed by atoms with Crippen molar-refractivity contribution in [1.29, 1.82) is 0 Å². The molecule has 0 aliphatic rings. The lowest BCUT2D eigenvalue weighted by atomic mass is 10.1. The maximum Gasteiger partial charge on any atom is 0.244 e. The van der Waals surface area contributed by atoms with E-state index in [0.717, 1.165) is 19.4 Å². The normalized spacial score (nSPS) is 10.1. The predicted molar refractivity (Wildman–Crippen MR) is 62.2 cm³/mol. The van der Waals surface area contributed by atoms with Gasteiger partial charge in [0.05, 0.1) is 0 Å². The van der Waals surface area contributed by atoms with Crippen molar-refractivity contribution >= 4 is 5.91 Å². The van der Waals surface area contributed by atoms with E-state index < -0.39 is 0 Å². The Labute approximate surface area is 95.6 Å². The zero-order valence-corrected chi connectivity index (χ0v) is 9.28. The largest absolute Gasteiger partial charge is 0.316 e. The molecule has 0 aliphatic heterocycles. The first-order valence-corrected chi connectivity index (χ1v) is 5.50. The highest BCUT2D eigenvalue weighted by Gasteiger charge is 1.97. The van der Waals surface area contributed by atoms with Crippen molar-refractivity contribution in [1.82, 2.24) is 10.8 Å². The first-order chi connectivity index (χ1) is 7.83. The maximum atomic E-state index is 10.7. The fourth-order valence-corrected chi connectivity index (χ4v) is 1.45. The lowest BCUT2D eigenvalue weighted by molar-refractivity contribution is -0.129. The SMILES string of the molecule is O=C(CCNCCCc1ccccc1)NO. The molecule has 4 nitrogen and oxygen atoms in total. The smallest absolute Gasteiger partial charge is 0.244 e. The Morgan fingerprint density at radius 3 is 2.62 bits per heavy atom. The summed E-state index contributed by atoms with van der Waals surface area (Å²) in [7, 11) is 0. The molecule has 3 N–H and O–H groups in total. The summed E-state index contributed by atoms with van der Waals surface area (Å²) < 4.78 is 0. The van der Waals surface area contributed by atoms with Crippen LogP contribution in [0, 0.1) is 0 Å². The molecule has 88 valence electrons. The number of hydroxylamine groups is 1. The van der Waals surface area contributed by atoms with Gasteiger partial charge < -0.3 is 5.32 Å². The van der Waals surface area contributed by atoms with Gasteiger partial charge in [-0.05, 0) is 24.9 Å². The van der Waals surface area contributed by atoms with E-state index in [2.05, 4.69) is 17.4 Å². The summed E-state index contributed by atoms with van der Waals surface area (Å²) in [4.78, 5) is 10.7. The topological polar surface area (TPSA) is 61.4 Å². The average molecular weight is 222 g/mol. The highest BCUT2D eigenvalue weighted by molar-refractivity contribution is 5.74. The van der Waals surface area contributed by atoms with E-state index in [1.54, 1.807) is 5.48 Å². The van der Waals surface area contributed by atoms with Gasteiger partial charge in [-0.2, -0.15) is 0 Å². The second-order valence-corrected chi connectivity index (χ2v) is 3.62. The minimum Gasteiger partial charge on any atom is -0.316 e. The molecule has 0 aromatic heterocycles. The van der Waals surface area contributed by atoms with Crippen LogP contribution in [0.4, 0.5) is 0 Å². The highest BCUT2D eigenvalue weighted by atomic mass is 16.5. The van der Waals surface area contributed by atoms with E-state index >= 15 is 0 Å². The number of benzene rings is 1. The molecule has 16 heavy (non-hydrogen) atoms. The number of rotatable bonds is 7. The van der Waals surface area contributed by atoms with E-state index in [9.17, 15) is 4.79 Å². The Hall–Kier alpha value is -1.39. The first kappa shape index (κ1) is 12.7. The summed E-state index contributed by atoms with van der Waals surface area (Å²) in [6, 6.07) is 10.3. The average Bonchev–Trinajstić information content (AvgIpc) is 2.34. The zero-order valence-electron chi connectivity index (χ0n) is 9.28. The number of carbonyl (C=O) groups is 1. The van der Waals surface area contributed by atoms with Crippen LogP contribution in [0.2, 0.25) is 0 Å². The molecule has 0 saturated heterocycles. The molecule has 0 radical (unpaired) electrons. The van der Waals surface area contributed by atoms with Gasteiger partial charge in [0.2, 0.25) is 5.91 Å². The number of aryl methyl sites for hydroxylation is 1. The molecule has 0 saturated carbocycles. The van der Waals surface area contributed by atoms with Gasteiger partial charge in [0.15, 0.2) is 0 Å². The van der Waals surface area contributed by atoms with Crippen LogP contribution in [0.3, 0.4) is 0 Å². The molecule has 0 aliphatic carbocycles. The third-order valence-electron chi connectivity index (χ3n) is 2.32. The minimum absolute atomic E-state index is 0.307. The van der Waals surface area contributed by atoms with E-state index in [0.29, 0.717) is 13.0 Å². The van der Waals surface area contributed by atoms with Gasteiger partial charge in [0.1, 0.15) is 0 Å². The van der Waals surface area contributed by atoms with Gasteiger partial charge in [0, 0.05) is 13.0 Å². The van der Waals surface area contributed by atoms with Gasteiger partial charge in [0.25, 0.3) is 0 Å². The fraction of sp³-hybridized carbons (Fsp3) is 0.417. The van der Waals surface area contributed by atoms with Crippen molar-refractivity contribution in [2.75, 3.05) is 13.1 Å². The molecule has 1 aromatic carbocycles. The number of hydrogen-bond donors (Lipinski definition) is 3. The van der Waals surface area contributed by atoms with Crippen molar-refractivity contribution in [2.24, 2.45) is 0 Å². The Morgan fingerprint density at radius 2 is 1.94 bits per heavy atom. The number of nitrogens with one attached hydrogen (secondary N) is 2. The summed E-state index contributed by atoms with van der Waals surface area (Å²) >= 11 is 0. The van der Waals surface area contributed by atoms with Gasteiger partial charge in [-0.15, -0.1) is 0 Å². The minimum atomic E-state index is -0.351. The predicted octanol–water partition coefficient (Wildman–Crippen LogP) is 1.10. The van der Waals surface area contributed by atoms with Gasteiger partial charge >= 0.3 is 0 Å². The van der Waals surface area contributed by atoms with Gasteiger partial charge in [-0.25, -0.2) is 5.48 Å². The third kappa shape index (κ3) is 5.48. The molecule has 0 fully saturated rings. The summed E-state index contributed by atoms with van der Waals surface area (Å²) in [6.45, 7) is 1.48. The van der Waals surface area contributed by atoms with E-state index in [1.165, 1.54) is 5.56 Å². The van der Waals surface area contributed by atoms with Crippen molar-refractivity contribution in [3.05, 3.63) is 35.9 Å². The van der Waals surface area contributed by atoms with Crippen LogP contribution < -0.4 is 10.8 Å². The summed E-state index contributed by atoms with van der Waals surface area (Å²) in [5, 5.41) is 11.4. The van der Waals surface area contributed by atoms with Crippen LogP contribution in [0.15, 0.2) is 30.3 Å². The van der Waals surface area contributed by atoms with Gasteiger partial charge in [-0.3, -0.25) is 10.0 Å². The van der Waals surface area contributed by atoms with Crippen LogP contribution in [0.5, 0.6) is 0 Å². The highest BCUT2D eigenvalue weighted by Crippen LogP contribution is 2.01.